The van der Waals surface area contributed by atoms with Crippen molar-refractivity contribution in [2.24, 2.45) is 52.3 Å². The Balaban J connectivity index is 1.50. The SMILES string of the molecule is CC(C)[C@H](C)/C=C/[C@@H](C)[C@H]1CC[C@H]2C3=CCC4C[C@@H](O[Si](C)(C)C)CC[C@]4(C)[C@H]3CC[C@]12C. The normalized spacial score (nSPS) is 43.1. The number of allylic oxidation sites excluding steroid dienone is 4. The lowest BCUT2D eigenvalue weighted by Gasteiger charge is -2.58. The molecule has 1 nitrogen and oxygen atoms in total. The number of hydrogen-bond donors (Lipinski definition) is 0. The third-order valence-electron chi connectivity index (χ3n) is 11.0. The van der Waals surface area contributed by atoms with E-state index in [0.29, 0.717) is 28.8 Å². The van der Waals surface area contributed by atoms with Crippen LogP contribution in [-0.4, -0.2) is 14.4 Å². The molecule has 0 bridgehead atoms. The average molecular weight is 471 g/mol. The molecule has 0 radical (unpaired) electrons. The summed E-state index contributed by atoms with van der Waals surface area (Å²) >= 11 is 0. The van der Waals surface area contributed by atoms with Crippen molar-refractivity contribution in [1.82, 2.24) is 0 Å². The highest BCUT2D eigenvalue weighted by molar-refractivity contribution is 6.69. The first kappa shape index (κ1) is 25.7. The van der Waals surface area contributed by atoms with Crippen molar-refractivity contribution in [2.45, 2.75) is 119 Å². The Morgan fingerprint density at radius 2 is 1.58 bits per heavy atom. The van der Waals surface area contributed by atoms with Gasteiger partial charge in [-0.1, -0.05) is 65.3 Å². The van der Waals surface area contributed by atoms with Crippen molar-refractivity contribution in [1.29, 1.82) is 0 Å². The molecule has 3 saturated carbocycles. The molecular formula is C31H54OSi. The highest BCUT2D eigenvalue weighted by Gasteiger charge is 2.58. The van der Waals surface area contributed by atoms with Crippen LogP contribution in [-0.2, 0) is 4.43 Å². The van der Waals surface area contributed by atoms with Gasteiger partial charge in [-0.3, -0.25) is 0 Å². The van der Waals surface area contributed by atoms with Crippen LogP contribution in [0.2, 0.25) is 19.6 Å². The molecule has 0 aliphatic heterocycles. The molecule has 4 aliphatic rings. The molecule has 0 aromatic rings. The molecule has 0 N–H and O–H groups in total. The van der Waals surface area contributed by atoms with Gasteiger partial charge in [0, 0.05) is 6.10 Å². The Morgan fingerprint density at radius 1 is 0.909 bits per heavy atom. The second-order valence-electron chi connectivity index (χ2n) is 14.4. The molecule has 2 heteroatoms. The fraction of sp³-hybridized carbons (Fsp3) is 0.871. The predicted octanol–water partition coefficient (Wildman–Crippen LogP) is 9.27. The Morgan fingerprint density at radius 3 is 2.24 bits per heavy atom. The van der Waals surface area contributed by atoms with E-state index in [1.165, 1.54) is 51.4 Å². The van der Waals surface area contributed by atoms with Crippen molar-refractivity contribution in [3.05, 3.63) is 23.8 Å². The van der Waals surface area contributed by atoms with E-state index in [1.54, 1.807) is 0 Å². The molecule has 33 heavy (non-hydrogen) atoms. The zero-order valence-corrected chi connectivity index (χ0v) is 24.4. The van der Waals surface area contributed by atoms with Crippen LogP contribution in [0.1, 0.15) is 92.9 Å². The van der Waals surface area contributed by atoms with E-state index in [4.69, 9.17) is 4.43 Å². The monoisotopic (exact) mass is 470 g/mol. The van der Waals surface area contributed by atoms with Crippen LogP contribution in [0.5, 0.6) is 0 Å². The summed E-state index contributed by atoms with van der Waals surface area (Å²) < 4.78 is 6.60. The van der Waals surface area contributed by atoms with Gasteiger partial charge in [-0.2, -0.15) is 0 Å². The number of fused-ring (bicyclic) bond motifs is 5. The van der Waals surface area contributed by atoms with Crippen LogP contribution in [0.3, 0.4) is 0 Å². The highest BCUT2D eigenvalue weighted by atomic mass is 28.4. The van der Waals surface area contributed by atoms with Gasteiger partial charge in [-0.15, -0.1) is 0 Å². The summed E-state index contributed by atoms with van der Waals surface area (Å²) in [4.78, 5) is 0. The molecule has 0 aromatic heterocycles. The minimum atomic E-state index is -1.45. The third kappa shape index (κ3) is 4.86. The minimum absolute atomic E-state index is 0.508. The van der Waals surface area contributed by atoms with Crippen LogP contribution >= 0.6 is 0 Å². The summed E-state index contributed by atoms with van der Waals surface area (Å²) in [5.41, 5.74) is 2.93. The van der Waals surface area contributed by atoms with E-state index >= 15 is 0 Å². The van der Waals surface area contributed by atoms with E-state index in [2.05, 4.69) is 79.4 Å². The van der Waals surface area contributed by atoms with Crippen molar-refractivity contribution in [3.63, 3.8) is 0 Å². The molecule has 3 fully saturated rings. The van der Waals surface area contributed by atoms with Crippen molar-refractivity contribution in [3.8, 4) is 0 Å². The molecule has 0 amide bonds. The standard InChI is InChI=1S/C31H54OSi/c1-21(2)22(3)10-11-23(4)27-14-15-28-26-13-12-24-20-25(32-33(7,8)9)16-18-30(24,5)29(26)17-19-31(27,28)6/h10-11,13,21-25,27-29H,12,14-20H2,1-9H3/b11-10+/t22-,23-,24?,25+,27-,28+,29+,30+,31-/m1/s1. The fourth-order valence-corrected chi connectivity index (χ4v) is 9.91. The van der Waals surface area contributed by atoms with Crippen LogP contribution in [0.4, 0.5) is 0 Å². The topological polar surface area (TPSA) is 9.23 Å². The second-order valence-corrected chi connectivity index (χ2v) is 18.9. The number of rotatable bonds is 6. The first-order chi connectivity index (χ1) is 15.3. The van der Waals surface area contributed by atoms with Crippen LogP contribution in [0.15, 0.2) is 23.8 Å². The van der Waals surface area contributed by atoms with Gasteiger partial charge in [-0.05, 0) is 123 Å². The number of hydrogen-bond acceptors (Lipinski definition) is 1. The van der Waals surface area contributed by atoms with E-state index in [0.717, 1.165) is 29.6 Å². The lowest BCUT2D eigenvalue weighted by molar-refractivity contribution is -0.0369. The van der Waals surface area contributed by atoms with Gasteiger partial charge in [0.2, 0.25) is 0 Å². The molecule has 4 aliphatic carbocycles. The van der Waals surface area contributed by atoms with Gasteiger partial charge in [0.15, 0.2) is 8.32 Å². The zero-order chi connectivity index (χ0) is 24.2. The van der Waals surface area contributed by atoms with E-state index < -0.39 is 8.32 Å². The van der Waals surface area contributed by atoms with Gasteiger partial charge in [-0.25, -0.2) is 0 Å². The van der Waals surface area contributed by atoms with Crippen molar-refractivity contribution < 1.29 is 4.43 Å². The average Bonchev–Trinajstić information content (AvgIpc) is 3.08. The summed E-state index contributed by atoms with van der Waals surface area (Å²) in [6, 6.07) is 0. The molecule has 0 heterocycles. The predicted molar refractivity (Wildman–Crippen MR) is 146 cm³/mol. The van der Waals surface area contributed by atoms with E-state index in [9.17, 15) is 0 Å². The van der Waals surface area contributed by atoms with Gasteiger partial charge < -0.3 is 4.43 Å². The molecule has 1 unspecified atom stereocenters. The molecular weight excluding hydrogens is 416 g/mol. The Bertz CT molecular complexity index is 759. The summed E-state index contributed by atoms with van der Waals surface area (Å²) in [5.74, 6) is 5.50. The molecule has 0 aromatic carbocycles. The lowest BCUT2D eigenvalue weighted by Crippen LogP contribution is -2.50. The van der Waals surface area contributed by atoms with E-state index in [1.807, 2.05) is 5.57 Å². The molecule has 0 spiro atoms. The van der Waals surface area contributed by atoms with Crippen LogP contribution < -0.4 is 0 Å². The fourth-order valence-electron chi connectivity index (χ4n) is 8.69. The Hall–Kier alpha value is -0.343. The molecule has 0 saturated heterocycles. The summed E-state index contributed by atoms with van der Waals surface area (Å²) in [6.45, 7) is 22.0. The molecule has 9 atom stereocenters. The zero-order valence-electron chi connectivity index (χ0n) is 23.4. The smallest absolute Gasteiger partial charge is 0.184 e. The minimum Gasteiger partial charge on any atom is -0.415 e. The van der Waals surface area contributed by atoms with Gasteiger partial charge in [0.05, 0.1) is 0 Å². The maximum absolute atomic E-state index is 6.60. The van der Waals surface area contributed by atoms with Crippen molar-refractivity contribution in [2.75, 3.05) is 0 Å². The summed E-state index contributed by atoms with van der Waals surface area (Å²) in [6.07, 6.45) is 19.4. The van der Waals surface area contributed by atoms with Gasteiger partial charge >= 0.3 is 0 Å². The lowest BCUT2D eigenvalue weighted by atomic mass is 9.47. The maximum atomic E-state index is 6.60. The maximum Gasteiger partial charge on any atom is 0.184 e. The van der Waals surface area contributed by atoms with Crippen molar-refractivity contribution >= 4 is 8.32 Å². The first-order valence-electron chi connectivity index (χ1n) is 14.4. The largest absolute Gasteiger partial charge is 0.415 e. The van der Waals surface area contributed by atoms with Crippen LogP contribution in [0.25, 0.3) is 0 Å². The highest BCUT2D eigenvalue weighted by Crippen LogP contribution is 2.67. The van der Waals surface area contributed by atoms with Gasteiger partial charge in [0.1, 0.15) is 0 Å². The third-order valence-corrected chi connectivity index (χ3v) is 12.1. The first-order valence-corrected chi connectivity index (χ1v) is 17.8. The Kier molecular flexibility index (Phi) is 7.23. The second kappa shape index (κ2) is 9.27. The van der Waals surface area contributed by atoms with Crippen LogP contribution in [0, 0.1) is 52.3 Å². The Labute approximate surface area is 207 Å². The van der Waals surface area contributed by atoms with E-state index in [-0.39, 0.29) is 0 Å². The summed E-state index contributed by atoms with van der Waals surface area (Å²) in [7, 11) is -1.45. The summed E-state index contributed by atoms with van der Waals surface area (Å²) in [5, 5.41) is 0. The molecule has 4 rings (SSSR count). The quantitative estimate of drug-likeness (QED) is 0.277. The molecule has 188 valence electrons. The van der Waals surface area contributed by atoms with Gasteiger partial charge in [0.25, 0.3) is 0 Å².